The molecule has 3 heteroatoms. The van der Waals surface area contributed by atoms with Crippen LogP contribution in [0.15, 0.2) is 18.2 Å². The van der Waals surface area contributed by atoms with Crippen LogP contribution < -0.4 is 14.8 Å². The van der Waals surface area contributed by atoms with Crippen molar-refractivity contribution in [1.29, 1.82) is 0 Å². The van der Waals surface area contributed by atoms with Crippen molar-refractivity contribution >= 4 is 0 Å². The number of rotatable bonds is 4. The molecule has 0 saturated heterocycles. The number of ether oxygens (including phenoxy) is 2. The maximum Gasteiger partial charge on any atom is 0.124 e. The van der Waals surface area contributed by atoms with Crippen molar-refractivity contribution in [2.24, 2.45) is 5.92 Å². The lowest BCUT2D eigenvalue weighted by Gasteiger charge is -2.37. The Labute approximate surface area is 128 Å². The lowest BCUT2D eigenvalue weighted by Crippen LogP contribution is -2.41. The molecule has 1 saturated carbocycles. The van der Waals surface area contributed by atoms with Crippen molar-refractivity contribution < 1.29 is 9.47 Å². The molecule has 116 valence electrons. The van der Waals surface area contributed by atoms with Gasteiger partial charge in [-0.2, -0.15) is 0 Å². The fourth-order valence-corrected chi connectivity index (χ4v) is 3.85. The number of hydrogen-bond acceptors (Lipinski definition) is 3. The topological polar surface area (TPSA) is 30.5 Å². The third-order valence-electron chi connectivity index (χ3n) is 5.11. The van der Waals surface area contributed by atoms with Gasteiger partial charge < -0.3 is 14.8 Å². The van der Waals surface area contributed by atoms with Gasteiger partial charge in [0.1, 0.15) is 11.5 Å². The van der Waals surface area contributed by atoms with Crippen LogP contribution in [0.5, 0.6) is 11.5 Å². The molecule has 1 fully saturated rings. The fourth-order valence-electron chi connectivity index (χ4n) is 3.85. The van der Waals surface area contributed by atoms with E-state index >= 15 is 0 Å². The minimum atomic E-state index is 0.404. The zero-order valence-corrected chi connectivity index (χ0v) is 13.2. The second-order valence-corrected chi connectivity index (χ2v) is 6.32. The summed E-state index contributed by atoms with van der Waals surface area (Å²) in [5.41, 5.74) is 1.26. The Morgan fingerprint density at radius 2 is 2.10 bits per heavy atom. The maximum absolute atomic E-state index is 5.80. The van der Waals surface area contributed by atoms with Gasteiger partial charge in [-0.25, -0.2) is 0 Å². The highest BCUT2D eigenvalue weighted by molar-refractivity contribution is 5.43. The van der Waals surface area contributed by atoms with Crippen LogP contribution in [0.4, 0.5) is 0 Å². The largest absolute Gasteiger partial charge is 0.497 e. The molecule has 0 bridgehead atoms. The SMILES string of the molecule is CCC1CCCCC1NC1CCOc2ccc(OC)cc21. The molecule has 0 amide bonds. The Kier molecular flexibility index (Phi) is 4.69. The van der Waals surface area contributed by atoms with Crippen molar-refractivity contribution in [3.8, 4) is 11.5 Å². The third-order valence-corrected chi connectivity index (χ3v) is 5.11. The summed E-state index contributed by atoms with van der Waals surface area (Å²) in [4.78, 5) is 0. The standard InChI is InChI=1S/C18H27NO2/c1-3-13-6-4-5-7-16(13)19-17-10-11-21-18-9-8-14(20-2)12-15(17)18/h8-9,12-13,16-17,19H,3-7,10-11H2,1-2H3. The smallest absolute Gasteiger partial charge is 0.124 e. The van der Waals surface area contributed by atoms with E-state index in [0.29, 0.717) is 12.1 Å². The van der Waals surface area contributed by atoms with Crippen molar-refractivity contribution in [1.82, 2.24) is 5.32 Å². The highest BCUT2D eigenvalue weighted by Crippen LogP contribution is 2.37. The first-order valence-electron chi connectivity index (χ1n) is 8.38. The van der Waals surface area contributed by atoms with E-state index < -0.39 is 0 Å². The van der Waals surface area contributed by atoms with Crippen molar-refractivity contribution in [2.75, 3.05) is 13.7 Å². The Morgan fingerprint density at radius 3 is 2.90 bits per heavy atom. The van der Waals surface area contributed by atoms with Crippen molar-refractivity contribution in [3.63, 3.8) is 0 Å². The molecular weight excluding hydrogens is 262 g/mol. The van der Waals surface area contributed by atoms with E-state index in [1.807, 2.05) is 12.1 Å². The highest BCUT2D eigenvalue weighted by Gasteiger charge is 2.29. The molecule has 1 aromatic rings. The second kappa shape index (κ2) is 6.69. The Bertz CT molecular complexity index is 474. The van der Waals surface area contributed by atoms with Gasteiger partial charge in [-0.05, 0) is 37.0 Å². The van der Waals surface area contributed by atoms with Gasteiger partial charge in [0.2, 0.25) is 0 Å². The van der Waals surface area contributed by atoms with Crippen LogP contribution in [0.1, 0.15) is 57.1 Å². The number of benzene rings is 1. The van der Waals surface area contributed by atoms with Crippen LogP contribution >= 0.6 is 0 Å². The lowest BCUT2D eigenvalue weighted by molar-refractivity contribution is 0.198. The number of hydrogen-bond donors (Lipinski definition) is 1. The summed E-state index contributed by atoms with van der Waals surface area (Å²) in [5, 5.41) is 3.93. The predicted octanol–water partition coefficient (Wildman–Crippen LogP) is 4.08. The summed E-state index contributed by atoms with van der Waals surface area (Å²) in [6.45, 7) is 3.13. The first kappa shape index (κ1) is 14.7. The first-order valence-corrected chi connectivity index (χ1v) is 8.38. The predicted molar refractivity (Wildman–Crippen MR) is 85.0 cm³/mol. The molecule has 1 heterocycles. The van der Waals surface area contributed by atoms with Crippen LogP contribution in [-0.2, 0) is 0 Å². The van der Waals surface area contributed by atoms with Gasteiger partial charge in [0.25, 0.3) is 0 Å². The third kappa shape index (κ3) is 3.18. The molecule has 1 N–H and O–H groups in total. The molecule has 3 rings (SSSR count). The van der Waals surface area contributed by atoms with Crippen molar-refractivity contribution in [2.45, 2.75) is 57.5 Å². The zero-order valence-electron chi connectivity index (χ0n) is 13.2. The fraction of sp³-hybridized carbons (Fsp3) is 0.667. The van der Waals surface area contributed by atoms with E-state index in [-0.39, 0.29) is 0 Å². The molecule has 0 radical (unpaired) electrons. The average molecular weight is 289 g/mol. The summed E-state index contributed by atoms with van der Waals surface area (Å²) in [6.07, 6.45) is 7.79. The molecule has 3 nitrogen and oxygen atoms in total. The van der Waals surface area contributed by atoms with Crippen LogP contribution in [0.25, 0.3) is 0 Å². The van der Waals surface area contributed by atoms with Gasteiger partial charge in [-0.1, -0.05) is 26.2 Å². The van der Waals surface area contributed by atoms with E-state index in [0.717, 1.165) is 30.4 Å². The number of fused-ring (bicyclic) bond motifs is 1. The Balaban J connectivity index is 1.77. The molecule has 1 aliphatic carbocycles. The quantitative estimate of drug-likeness (QED) is 0.906. The van der Waals surface area contributed by atoms with Gasteiger partial charge in [-0.15, -0.1) is 0 Å². The van der Waals surface area contributed by atoms with Crippen molar-refractivity contribution in [3.05, 3.63) is 23.8 Å². The maximum atomic E-state index is 5.80. The highest BCUT2D eigenvalue weighted by atomic mass is 16.5. The monoisotopic (exact) mass is 289 g/mol. The summed E-state index contributed by atoms with van der Waals surface area (Å²) in [7, 11) is 1.72. The molecule has 0 spiro atoms. The molecule has 1 aromatic carbocycles. The van der Waals surface area contributed by atoms with Crippen LogP contribution in [0.3, 0.4) is 0 Å². The van der Waals surface area contributed by atoms with Gasteiger partial charge >= 0.3 is 0 Å². The molecular formula is C18H27NO2. The van der Waals surface area contributed by atoms with Crippen LogP contribution in [0, 0.1) is 5.92 Å². The minimum absolute atomic E-state index is 0.404. The Morgan fingerprint density at radius 1 is 1.24 bits per heavy atom. The summed E-state index contributed by atoms with van der Waals surface area (Å²) < 4.78 is 11.2. The van der Waals surface area contributed by atoms with E-state index in [1.165, 1.54) is 37.7 Å². The summed E-state index contributed by atoms with van der Waals surface area (Å²) in [6, 6.07) is 7.22. The molecule has 0 aromatic heterocycles. The molecule has 21 heavy (non-hydrogen) atoms. The second-order valence-electron chi connectivity index (χ2n) is 6.32. The molecule has 2 aliphatic rings. The van der Waals surface area contributed by atoms with Crippen LogP contribution in [0.2, 0.25) is 0 Å². The molecule has 3 atom stereocenters. The first-order chi connectivity index (χ1) is 10.3. The zero-order chi connectivity index (χ0) is 14.7. The van der Waals surface area contributed by atoms with E-state index in [2.05, 4.69) is 18.3 Å². The minimum Gasteiger partial charge on any atom is -0.497 e. The van der Waals surface area contributed by atoms with Gasteiger partial charge in [-0.3, -0.25) is 0 Å². The lowest BCUT2D eigenvalue weighted by atomic mass is 9.82. The normalized spacial score (nSPS) is 28.6. The van der Waals surface area contributed by atoms with Gasteiger partial charge in [0.15, 0.2) is 0 Å². The number of methoxy groups -OCH3 is 1. The molecule has 1 aliphatic heterocycles. The Hall–Kier alpha value is -1.22. The summed E-state index contributed by atoms with van der Waals surface area (Å²) in [5.74, 6) is 2.76. The van der Waals surface area contributed by atoms with Gasteiger partial charge in [0.05, 0.1) is 13.7 Å². The van der Waals surface area contributed by atoms with E-state index in [4.69, 9.17) is 9.47 Å². The van der Waals surface area contributed by atoms with Crippen LogP contribution in [-0.4, -0.2) is 19.8 Å². The number of nitrogens with one attached hydrogen (secondary N) is 1. The average Bonchev–Trinajstić information content (AvgIpc) is 2.55. The van der Waals surface area contributed by atoms with E-state index in [9.17, 15) is 0 Å². The van der Waals surface area contributed by atoms with E-state index in [1.54, 1.807) is 7.11 Å². The molecule has 3 unspecified atom stereocenters. The summed E-state index contributed by atoms with van der Waals surface area (Å²) >= 11 is 0. The van der Waals surface area contributed by atoms with Gasteiger partial charge in [0, 0.05) is 24.1 Å².